The summed E-state index contributed by atoms with van der Waals surface area (Å²) in [6.07, 6.45) is -4.08. The zero-order chi connectivity index (χ0) is 21.0. The van der Waals surface area contributed by atoms with Crippen LogP contribution in [0, 0.1) is 10.1 Å². The average molecular weight is 413 g/mol. The number of piperidine rings is 1. The minimum atomic E-state index is -4.86. The van der Waals surface area contributed by atoms with Crippen LogP contribution in [-0.2, 0) is 15.7 Å². The van der Waals surface area contributed by atoms with Crippen LogP contribution in [0.5, 0.6) is 0 Å². The molecule has 0 amide bonds. The number of hydrogen-bond donors (Lipinski definition) is 0. The summed E-state index contributed by atoms with van der Waals surface area (Å²) in [5, 5.41) is 10.7. The van der Waals surface area contributed by atoms with E-state index in [0.29, 0.717) is 43.8 Å². The number of nitro benzene ring substituents is 1. The Bertz CT molecular complexity index is 1070. The van der Waals surface area contributed by atoms with Crippen LogP contribution in [-0.4, -0.2) is 35.4 Å². The second-order valence-electron chi connectivity index (χ2n) is 6.76. The van der Waals surface area contributed by atoms with E-state index in [1.54, 1.807) is 4.90 Å². The number of non-ortho nitro benzene ring substituents is 1. The van der Waals surface area contributed by atoms with Crippen molar-refractivity contribution in [2.75, 3.05) is 24.6 Å². The van der Waals surface area contributed by atoms with E-state index in [2.05, 4.69) is 11.6 Å². The number of alkyl halides is 3. The molecule has 12 heteroatoms. The first kappa shape index (κ1) is 19.2. The fourth-order valence-corrected chi connectivity index (χ4v) is 3.39. The topological polar surface area (TPSA) is 108 Å². The van der Waals surface area contributed by atoms with Crippen molar-refractivity contribution in [3.8, 4) is 0 Å². The molecule has 0 radical (unpaired) electrons. The Morgan fingerprint density at radius 1 is 1.28 bits per heavy atom. The standard InChI is InChI=1S/C17H14F3N3O6/c1-9-8-27-16(29-9)2-4-22(5-3-16)15-21-14(24)11-6-10(17(18,19)20)7-12(23(25)26)13(11)28-15/h6-7H,1-5,8H2. The molecule has 1 aromatic heterocycles. The molecule has 3 heterocycles. The molecule has 2 aliphatic rings. The highest BCUT2D eigenvalue weighted by atomic mass is 19.4. The fraction of sp³-hybridized carbons (Fsp3) is 0.412. The predicted molar refractivity (Wildman–Crippen MR) is 92.3 cm³/mol. The summed E-state index contributed by atoms with van der Waals surface area (Å²) in [5.41, 5.74) is -3.88. The van der Waals surface area contributed by atoms with Crippen LogP contribution in [0.1, 0.15) is 18.4 Å². The van der Waals surface area contributed by atoms with Gasteiger partial charge in [0.05, 0.1) is 15.9 Å². The van der Waals surface area contributed by atoms with Crippen molar-refractivity contribution in [3.05, 3.63) is 50.5 Å². The lowest BCUT2D eigenvalue weighted by Crippen LogP contribution is -2.45. The van der Waals surface area contributed by atoms with Crippen LogP contribution in [0.25, 0.3) is 11.0 Å². The molecular weight excluding hydrogens is 399 g/mol. The highest BCUT2D eigenvalue weighted by Gasteiger charge is 2.43. The van der Waals surface area contributed by atoms with Gasteiger partial charge in [0.15, 0.2) is 0 Å². The molecular formula is C17H14F3N3O6. The molecule has 154 valence electrons. The Hall–Kier alpha value is -3.15. The molecule has 2 fully saturated rings. The molecule has 0 N–H and O–H groups in total. The zero-order valence-electron chi connectivity index (χ0n) is 14.8. The van der Waals surface area contributed by atoms with Crippen molar-refractivity contribution in [1.82, 2.24) is 4.98 Å². The quantitative estimate of drug-likeness (QED) is 0.546. The van der Waals surface area contributed by atoms with Crippen LogP contribution in [0.3, 0.4) is 0 Å². The third-order valence-electron chi connectivity index (χ3n) is 4.84. The zero-order valence-corrected chi connectivity index (χ0v) is 14.8. The van der Waals surface area contributed by atoms with E-state index in [1.807, 2.05) is 0 Å². The van der Waals surface area contributed by atoms with Gasteiger partial charge in [-0.15, -0.1) is 0 Å². The number of halogens is 3. The summed E-state index contributed by atoms with van der Waals surface area (Å²) in [6, 6.07) is 0.630. The maximum atomic E-state index is 13.0. The van der Waals surface area contributed by atoms with Crippen molar-refractivity contribution in [2.45, 2.75) is 24.8 Å². The van der Waals surface area contributed by atoms with Crippen molar-refractivity contribution >= 4 is 22.7 Å². The Balaban J connectivity index is 1.72. The van der Waals surface area contributed by atoms with Gasteiger partial charge in [-0.1, -0.05) is 6.58 Å². The second-order valence-corrected chi connectivity index (χ2v) is 6.76. The Kier molecular flexibility index (Phi) is 4.26. The van der Waals surface area contributed by atoms with Gasteiger partial charge in [-0.3, -0.25) is 14.9 Å². The molecule has 9 nitrogen and oxygen atoms in total. The molecule has 4 rings (SSSR count). The lowest BCUT2D eigenvalue weighted by molar-refractivity contribution is -0.383. The third-order valence-corrected chi connectivity index (χ3v) is 4.84. The number of aromatic nitrogens is 1. The molecule has 2 aromatic rings. The molecule has 0 saturated carbocycles. The summed E-state index contributed by atoms with van der Waals surface area (Å²) in [4.78, 5) is 27.9. The number of rotatable bonds is 2. The molecule has 2 aliphatic heterocycles. The minimum absolute atomic E-state index is 0.211. The van der Waals surface area contributed by atoms with E-state index in [0.717, 1.165) is 0 Å². The molecule has 1 aromatic carbocycles. The number of ether oxygens (including phenoxy) is 2. The van der Waals surface area contributed by atoms with Crippen LogP contribution < -0.4 is 10.5 Å². The first-order chi connectivity index (χ1) is 13.6. The van der Waals surface area contributed by atoms with Gasteiger partial charge in [-0.05, 0) is 6.07 Å². The maximum absolute atomic E-state index is 13.0. The number of nitro groups is 1. The van der Waals surface area contributed by atoms with Crippen molar-refractivity contribution in [1.29, 1.82) is 0 Å². The van der Waals surface area contributed by atoms with E-state index in [-0.39, 0.29) is 12.6 Å². The summed E-state index contributed by atoms with van der Waals surface area (Å²) >= 11 is 0. The number of benzene rings is 1. The van der Waals surface area contributed by atoms with E-state index in [4.69, 9.17) is 13.9 Å². The number of fused-ring (bicyclic) bond motifs is 1. The maximum Gasteiger partial charge on any atom is 0.416 e. The van der Waals surface area contributed by atoms with Crippen LogP contribution in [0.2, 0.25) is 0 Å². The highest BCUT2D eigenvalue weighted by molar-refractivity contribution is 5.86. The number of hydrogen-bond acceptors (Lipinski definition) is 8. The van der Waals surface area contributed by atoms with E-state index in [1.165, 1.54) is 0 Å². The SMILES string of the molecule is C=C1COC2(CCN(c3nc(=O)c4cc(C(F)(F)F)cc([N+](=O)[O-])c4o3)CC2)O1. The smallest absolute Gasteiger partial charge is 0.416 e. The highest BCUT2D eigenvalue weighted by Crippen LogP contribution is 2.38. The van der Waals surface area contributed by atoms with Gasteiger partial charge in [0.2, 0.25) is 11.4 Å². The van der Waals surface area contributed by atoms with E-state index < -0.39 is 44.7 Å². The van der Waals surface area contributed by atoms with Crippen molar-refractivity contribution in [2.24, 2.45) is 0 Å². The molecule has 1 spiro atoms. The normalized spacial score (nSPS) is 19.0. The van der Waals surface area contributed by atoms with Gasteiger partial charge in [0.25, 0.3) is 5.56 Å². The molecule has 0 bridgehead atoms. The Labute approximate surface area is 160 Å². The molecule has 0 aliphatic carbocycles. The molecule has 0 atom stereocenters. The summed E-state index contributed by atoms with van der Waals surface area (Å²) < 4.78 is 55.7. The largest absolute Gasteiger partial charge is 0.465 e. The van der Waals surface area contributed by atoms with Crippen molar-refractivity contribution in [3.63, 3.8) is 0 Å². The van der Waals surface area contributed by atoms with Gasteiger partial charge < -0.3 is 18.8 Å². The third kappa shape index (κ3) is 3.39. The number of anilines is 1. The van der Waals surface area contributed by atoms with Gasteiger partial charge in [0, 0.05) is 32.0 Å². The Morgan fingerprint density at radius 2 is 1.97 bits per heavy atom. The average Bonchev–Trinajstić information content (AvgIpc) is 3.00. The fourth-order valence-electron chi connectivity index (χ4n) is 3.39. The lowest BCUT2D eigenvalue weighted by Gasteiger charge is -2.36. The van der Waals surface area contributed by atoms with Crippen LogP contribution in [0.15, 0.2) is 33.7 Å². The van der Waals surface area contributed by atoms with E-state index in [9.17, 15) is 28.1 Å². The summed E-state index contributed by atoms with van der Waals surface area (Å²) in [6.45, 7) is 4.56. The Morgan fingerprint density at radius 3 is 2.52 bits per heavy atom. The van der Waals surface area contributed by atoms with Crippen LogP contribution in [0.4, 0.5) is 24.9 Å². The van der Waals surface area contributed by atoms with Gasteiger partial charge in [-0.25, -0.2) is 0 Å². The van der Waals surface area contributed by atoms with Crippen LogP contribution >= 0.6 is 0 Å². The van der Waals surface area contributed by atoms with Gasteiger partial charge in [-0.2, -0.15) is 18.2 Å². The lowest BCUT2D eigenvalue weighted by atomic mass is 10.0. The molecule has 0 unspecified atom stereocenters. The first-order valence-corrected chi connectivity index (χ1v) is 8.54. The first-order valence-electron chi connectivity index (χ1n) is 8.54. The number of nitrogens with zero attached hydrogens (tertiary/aromatic N) is 3. The van der Waals surface area contributed by atoms with E-state index >= 15 is 0 Å². The molecule has 2 saturated heterocycles. The predicted octanol–water partition coefficient (Wildman–Crippen LogP) is 2.97. The van der Waals surface area contributed by atoms with Crippen molar-refractivity contribution < 1.29 is 32.0 Å². The minimum Gasteiger partial charge on any atom is -0.465 e. The van der Waals surface area contributed by atoms with Gasteiger partial charge >= 0.3 is 17.9 Å². The monoisotopic (exact) mass is 413 g/mol. The summed E-state index contributed by atoms with van der Waals surface area (Å²) in [7, 11) is 0. The molecule has 29 heavy (non-hydrogen) atoms. The summed E-state index contributed by atoms with van der Waals surface area (Å²) in [5.74, 6) is -0.317. The second kappa shape index (κ2) is 6.44. The van der Waals surface area contributed by atoms with Gasteiger partial charge in [0.1, 0.15) is 12.4 Å².